The lowest BCUT2D eigenvalue weighted by Crippen LogP contribution is -2.26. The van der Waals surface area contributed by atoms with Crippen LogP contribution in [0.1, 0.15) is 12.8 Å². The molecule has 0 fully saturated rings. The van der Waals surface area contributed by atoms with Crippen LogP contribution >= 0.6 is 0 Å². The molecule has 0 radical (unpaired) electrons. The van der Waals surface area contributed by atoms with Crippen LogP contribution in [0.15, 0.2) is 24.3 Å². The third-order valence-electron chi connectivity index (χ3n) is 2.68. The average Bonchev–Trinajstić information content (AvgIpc) is 2.51. The second-order valence-corrected chi connectivity index (χ2v) is 4.31. The molecule has 1 aromatic rings. The lowest BCUT2D eigenvalue weighted by molar-refractivity contribution is -0.121. The summed E-state index contributed by atoms with van der Waals surface area (Å²) in [5.74, 6) is 1.43. The molecule has 1 rings (SSSR count). The minimum absolute atomic E-state index is 0.0229. The van der Waals surface area contributed by atoms with Gasteiger partial charge in [0.1, 0.15) is 11.5 Å². The summed E-state index contributed by atoms with van der Waals surface area (Å²) in [5, 5.41) is 11.3. The van der Waals surface area contributed by atoms with E-state index in [1.165, 1.54) is 0 Å². The van der Waals surface area contributed by atoms with Crippen LogP contribution in [0.3, 0.4) is 0 Å². The Balaban J connectivity index is 2.04. The van der Waals surface area contributed by atoms with Crippen molar-refractivity contribution >= 4 is 5.91 Å². The highest BCUT2D eigenvalue weighted by Gasteiger charge is 2.02. The van der Waals surface area contributed by atoms with Gasteiger partial charge in [0.05, 0.1) is 33.4 Å². The number of benzene rings is 1. The van der Waals surface area contributed by atoms with Gasteiger partial charge >= 0.3 is 0 Å². The van der Waals surface area contributed by atoms with Gasteiger partial charge in [-0.25, -0.2) is 0 Å². The number of nitrogens with one attached hydrogen (secondary N) is 1. The molecule has 0 aliphatic heterocycles. The van der Waals surface area contributed by atoms with E-state index in [4.69, 9.17) is 19.3 Å². The van der Waals surface area contributed by atoms with Crippen molar-refractivity contribution in [2.75, 3.05) is 40.1 Å². The van der Waals surface area contributed by atoms with Crippen LogP contribution in [-0.2, 0) is 9.53 Å². The van der Waals surface area contributed by atoms with Gasteiger partial charge < -0.3 is 24.6 Å². The maximum absolute atomic E-state index is 11.5. The first kappa shape index (κ1) is 17.3. The zero-order valence-electron chi connectivity index (χ0n) is 12.3. The van der Waals surface area contributed by atoms with Crippen LogP contribution in [0.5, 0.6) is 11.5 Å². The number of aliphatic hydroxyl groups is 1. The van der Waals surface area contributed by atoms with E-state index in [1.807, 2.05) is 12.1 Å². The molecular formula is C15H23NO5. The number of rotatable bonds is 11. The molecule has 1 aromatic carbocycles. The second-order valence-electron chi connectivity index (χ2n) is 4.31. The van der Waals surface area contributed by atoms with Gasteiger partial charge in [-0.05, 0) is 30.7 Å². The van der Waals surface area contributed by atoms with Crippen molar-refractivity contribution in [1.82, 2.24) is 5.32 Å². The van der Waals surface area contributed by atoms with Crippen molar-refractivity contribution < 1.29 is 24.1 Å². The summed E-state index contributed by atoms with van der Waals surface area (Å²) < 4.78 is 15.6. The SMILES string of the molecule is COc1ccc(OCCC(=O)NCCCOCCO)cc1. The van der Waals surface area contributed by atoms with Gasteiger partial charge in [-0.2, -0.15) is 0 Å². The Morgan fingerprint density at radius 3 is 2.52 bits per heavy atom. The largest absolute Gasteiger partial charge is 0.497 e. The maximum Gasteiger partial charge on any atom is 0.223 e. The molecule has 2 N–H and O–H groups in total. The highest BCUT2D eigenvalue weighted by molar-refractivity contribution is 5.75. The zero-order chi connectivity index (χ0) is 15.3. The molecule has 6 nitrogen and oxygen atoms in total. The first-order valence-corrected chi connectivity index (χ1v) is 6.98. The molecule has 0 atom stereocenters. The third-order valence-corrected chi connectivity index (χ3v) is 2.68. The van der Waals surface area contributed by atoms with Gasteiger partial charge in [-0.15, -0.1) is 0 Å². The number of carbonyl (C=O) groups excluding carboxylic acids is 1. The number of carbonyl (C=O) groups is 1. The summed E-state index contributed by atoms with van der Waals surface area (Å²) in [4.78, 5) is 11.5. The molecule has 0 saturated heterocycles. The lowest BCUT2D eigenvalue weighted by Gasteiger charge is -2.08. The summed E-state index contributed by atoms with van der Waals surface area (Å²) >= 11 is 0. The molecule has 0 saturated carbocycles. The van der Waals surface area contributed by atoms with Gasteiger partial charge in [0.15, 0.2) is 0 Å². The van der Waals surface area contributed by atoms with Gasteiger partial charge in [0, 0.05) is 13.2 Å². The third kappa shape index (κ3) is 8.16. The van der Waals surface area contributed by atoms with Crippen molar-refractivity contribution in [1.29, 1.82) is 0 Å². The number of amides is 1. The Morgan fingerprint density at radius 1 is 1.14 bits per heavy atom. The topological polar surface area (TPSA) is 77.0 Å². The molecule has 21 heavy (non-hydrogen) atoms. The minimum Gasteiger partial charge on any atom is -0.497 e. The Bertz CT molecular complexity index is 394. The number of aliphatic hydroxyl groups excluding tert-OH is 1. The molecule has 0 aliphatic rings. The monoisotopic (exact) mass is 297 g/mol. The molecule has 0 bridgehead atoms. The lowest BCUT2D eigenvalue weighted by atomic mass is 10.3. The molecular weight excluding hydrogens is 274 g/mol. The Kier molecular flexibility index (Phi) is 8.99. The summed E-state index contributed by atoms with van der Waals surface area (Å²) in [7, 11) is 1.61. The summed E-state index contributed by atoms with van der Waals surface area (Å²) in [5.41, 5.74) is 0. The van der Waals surface area contributed by atoms with Gasteiger partial charge in [-0.1, -0.05) is 0 Å². The predicted molar refractivity (Wildman–Crippen MR) is 78.6 cm³/mol. The van der Waals surface area contributed by atoms with Crippen LogP contribution in [-0.4, -0.2) is 51.1 Å². The van der Waals surface area contributed by atoms with E-state index in [2.05, 4.69) is 5.32 Å². The number of ether oxygens (including phenoxy) is 3. The van der Waals surface area contributed by atoms with Crippen molar-refractivity contribution in [3.05, 3.63) is 24.3 Å². The van der Waals surface area contributed by atoms with Gasteiger partial charge in [0.25, 0.3) is 0 Å². The van der Waals surface area contributed by atoms with E-state index in [-0.39, 0.29) is 12.5 Å². The first-order valence-electron chi connectivity index (χ1n) is 6.98. The quantitative estimate of drug-likeness (QED) is 0.595. The fraction of sp³-hybridized carbons (Fsp3) is 0.533. The zero-order valence-corrected chi connectivity index (χ0v) is 12.3. The van der Waals surface area contributed by atoms with Crippen LogP contribution in [0, 0.1) is 0 Å². The molecule has 6 heteroatoms. The molecule has 0 heterocycles. The van der Waals surface area contributed by atoms with Crippen molar-refractivity contribution in [3.63, 3.8) is 0 Å². The summed E-state index contributed by atoms with van der Waals surface area (Å²) in [6.45, 7) is 1.79. The Hall–Kier alpha value is -1.79. The standard InChI is InChI=1S/C15H23NO5/c1-19-13-3-5-14(6-4-13)21-11-7-15(18)16-8-2-10-20-12-9-17/h3-6,17H,2,7-12H2,1H3,(H,16,18). The van der Waals surface area contributed by atoms with Crippen molar-refractivity contribution in [2.24, 2.45) is 0 Å². The highest BCUT2D eigenvalue weighted by atomic mass is 16.5. The molecule has 0 aliphatic carbocycles. The minimum atomic E-state index is -0.0503. The van der Waals surface area contributed by atoms with E-state index in [1.54, 1.807) is 19.2 Å². The molecule has 1 amide bonds. The smallest absolute Gasteiger partial charge is 0.223 e. The molecule has 0 aromatic heterocycles. The normalized spacial score (nSPS) is 10.2. The maximum atomic E-state index is 11.5. The van der Waals surface area contributed by atoms with Crippen LogP contribution in [0.25, 0.3) is 0 Å². The second kappa shape index (κ2) is 10.9. The number of methoxy groups -OCH3 is 1. The predicted octanol–water partition coefficient (Wildman–Crippen LogP) is 0.979. The Morgan fingerprint density at radius 2 is 1.86 bits per heavy atom. The summed E-state index contributed by atoms with van der Waals surface area (Å²) in [6, 6.07) is 7.22. The summed E-state index contributed by atoms with van der Waals surface area (Å²) in [6.07, 6.45) is 1.04. The van der Waals surface area contributed by atoms with E-state index in [0.29, 0.717) is 38.5 Å². The average molecular weight is 297 g/mol. The Labute approximate surface area is 125 Å². The number of hydrogen-bond donors (Lipinski definition) is 2. The van der Waals surface area contributed by atoms with E-state index in [9.17, 15) is 4.79 Å². The van der Waals surface area contributed by atoms with E-state index < -0.39 is 0 Å². The van der Waals surface area contributed by atoms with Crippen LogP contribution < -0.4 is 14.8 Å². The van der Waals surface area contributed by atoms with Gasteiger partial charge in [-0.3, -0.25) is 4.79 Å². The highest BCUT2D eigenvalue weighted by Crippen LogP contribution is 2.16. The van der Waals surface area contributed by atoms with Crippen LogP contribution in [0.4, 0.5) is 0 Å². The fourth-order valence-electron chi connectivity index (χ4n) is 1.59. The molecule has 0 unspecified atom stereocenters. The van der Waals surface area contributed by atoms with E-state index >= 15 is 0 Å². The van der Waals surface area contributed by atoms with Gasteiger partial charge in [0.2, 0.25) is 5.91 Å². The van der Waals surface area contributed by atoms with Crippen LogP contribution in [0.2, 0.25) is 0 Å². The van der Waals surface area contributed by atoms with Crippen molar-refractivity contribution in [3.8, 4) is 11.5 Å². The molecule has 0 spiro atoms. The number of hydrogen-bond acceptors (Lipinski definition) is 5. The van der Waals surface area contributed by atoms with Crippen molar-refractivity contribution in [2.45, 2.75) is 12.8 Å². The first-order chi connectivity index (χ1) is 10.3. The molecule has 118 valence electrons. The fourth-order valence-corrected chi connectivity index (χ4v) is 1.59. The van der Waals surface area contributed by atoms with E-state index in [0.717, 1.165) is 12.2 Å².